The predicted molar refractivity (Wildman–Crippen MR) is 113 cm³/mol. The van der Waals surface area contributed by atoms with Crippen LogP contribution in [0.4, 0.5) is 11.6 Å². The van der Waals surface area contributed by atoms with Crippen molar-refractivity contribution in [3.63, 3.8) is 0 Å². The van der Waals surface area contributed by atoms with Crippen molar-refractivity contribution < 1.29 is 0 Å². The number of halogens is 1. The van der Waals surface area contributed by atoms with E-state index in [2.05, 4.69) is 73.7 Å². The predicted octanol–water partition coefficient (Wildman–Crippen LogP) is 4.36. The second-order valence-electron chi connectivity index (χ2n) is 6.17. The van der Waals surface area contributed by atoms with E-state index in [1.165, 1.54) is 5.56 Å². The van der Waals surface area contributed by atoms with Gasteiger partial charge in [-0.3, -0.25) is 0 Å². The first-order valence-corrected chi connectivity index (χ1v) is 10.0. The first-order chi connectivity index (χ1) is 12.6. The van der Waals surface area contributed by atoms with E-state index in [4.69, 9.17) is 0 Å². The number of hydrogen-bond donors (Lipinski definition) is 2. The van der Waals surface area contributed by atoms with E-state index in [0.29, 0.717) is 5.95 Å². The highest BCUT2D eigenvalue weighted by atomic mass is 79.9. The molecule has 0 saturated heterocycles. The van der Waals surface area contributed by atoms with Gasteiger partial charge in [0.25, 0.3) is 0 Å². The SMILES string of the molecule is CN(C)CCNCc1cccc(Nc2nccc(-c3ccc(Br)s3)n2)c1. The third-order valence-electron chi connectivity index (χ3n) is 3.73. The van der Waals surface area contributed by atoms with Crippen LogP contribution in [0.25, 0.3) is 10.6 Å². The lowest BCUT2D eigenvalue weighted by Crippen LogP contribution is -2.26. The summed E-state index contributed by atoms with van der Waals surface area (Å²) in [6, 6.07) is 14.3. The second kappa shape index (κ2) is 9.23. The van der Waals surface area contributed by atoms with Crippen molar-refractivity contribution in [1.82, 2.24) is 20.2 Å². The zero-order valence-corrected chi connectivity index (χ0v) is 17.3. The summed E-state index contributed by atoms with van der Waals surface area (Å²) in [4.78, 5) is 12.2. The summed E-state index contributed by atoms with van der Waals surface area (Å²) in [6.45, 7) is 2.83. The summed E-state index contributed by atoms with van der Waals surface area (Å²) in [6.07, 6.45) is 1.78. The highest BCUT2D eigenvalue weighted by molar-refractivity contribution is 9.11. The van der Waals surface area contributed by atoms with Crippen molar-refractivity contribution in [2.75, 3.05) is 32.5 Å². The molecule has 0 aliphatic heterocycles. The minimum Gasteiger partial charge on any atom is -0.324 e. The van der Waals surface area contributed by atoms with Crippen LogP contribution in [0, 0.1) is 0 Å². The lowest BCUT2D eigenvalue weighted by Gasteiger charge is -2.11. The molecule has 0 fully saturated rings. The molecule has 0 atom stereocenters. The number of hydrogen-bond acceptors (Lipinski definition) is 6. The van der Waals surface area contributed by atoms with Gasteiger partial charge in [-0.25, -0.2) is 9.97 Å². The number of anilines is 2. The minimum atomic E-state index is 0.602. The second-order valence-corrected chi connectivity index (χ2v) is 8.64. The normalized spacial score (nSPS) is 11.1. The molecule has 26 heavy (non-hydrogen) atoms. The van der Waals surface area contributed by atoms with Crippen LogP contribution in [-0.2, 0) is 6.54 Å². The molecule has 136 valence electrons. The zero-order chi connectivity index (χ0) is 18.4. The van der Waals surface area contributed by atoms with E-state index in [0.717, 1.165) is 39.7 Å². The lowest BCUT2D eigenvalue weighted by atomic mass is 10.2. The van der Waals surface area contributed by atoms with Crippen LogP contribution >= 0.6 is 27.3 Å². The third-order valence-corrected chi connectivity index (χ3v) is 5.38. The lowest BCUT2D eigenvalue weighted by molar-refractivity contribution is 0.400. The Morgan fingerprint density at radius 1 is 1.15 bits per heavy atom. The van der Waals surface area contributed by atoms with Gasteiger partial charge in [0.1, 0.15) is 0 Å². The smallest absolute Gasteiger partial charge is 0.227 e. The fourth-order valence-corrected chi connectivity index (χ4v) is 3.79. The van der Waals surface area contributed by atoms with Crippen molar-refractivity contribution in [1.29, 1.82) is 0 Å². The highest BCUT2D eigenvalue weighted by Gasteiger charge is 2.06. The molecule has 3 aromatic rings. The van der Waals surface area contributed by atoms with Gasteiger partial charge in [-0.05, 0) is 65.9 Å². The van der Waals surface area contributed by atoms with Crippen LogP contribution in [-0.4, -0.2) is 42.1 Å². The average Bonchev–Trinajstić information content (AvgIpc) is 3.06. The summed E-state index contributed by atoms with van der Waals surface area (Å²) >= 11 is 5.15. The molecule has 0 radical (unpaired) electrons. The van der Waals surface area contributed by atoms with Gasteiger partial charge >= 0.3 is 0 Å². The van der Waals surface area contributed by atoms with Crippen LogP contribution < -0.4 is 10.6 Å². The third kappa shape index (κ3) is 5.60. The molecule has 2 heterocycles. The largest absolute Gasteiger partial charge is 0.324 e. The molecule has 3 rings (SSSR count). The number of nitrogens with one attached hydrogen (secondary N) is 2. The molecule has 0 spiro atoms. The topological polar surface area (TPSA) is 53.1 Å². The zero-order valence-electron chi connectivity index (χ0n) is 14.9. The molecular weight excluding hydrogens is 410 g/mol. The van der Waals surface area contributed by atoms with Gasteiger partial charge in [0.15, 0.2) is 0 Å². The van der Waals surface area contributed by atoms with Crippen LogP contribution in [0.2, 0.25) is 0 Å². The Hall–Kier alpha value is -1.80. The molecular formula is C19H22BrN5S. The van der Waals surface area contributed by atoms with Gasteiger partial charge < -0.3 is 15.5 Å². The molecule has 0 aliphatic rings. The molecule has 2 aromatic heterocycles. The molecule has 0 aliphatic carbocycles. The summed E-state index contributed by atoms with van der Waals surface area (Å²) < 4.78 is 1.09. The summed E-state index contributed by atoms with van der Waals surface area (Å²) in [5.74, 6) is 0.602. The average molecular weight is 432 g/mol. The highest BCUT2D eigenvalue weighted by Crippen LogP contribution is 2.30. The van der Waals surface area contributed by atoms with Gasteiger partial charge in [-0.1, -0.05) is 12.1 Å². The molecule has 0 unspecified atom stereocenters. The van der Waals surface area contributed by atoms with Crippen molar-refractivity contribution in [2.45, 2.75) is 6.54 Å². The summed E-state index contributed by atoms with van der Waals surface area (Å²) in [5, 5.41) is 6.76. The number of nitrogens with zero attached hydrogens (tertiary/aromatic N) is 3. The first kappa shape index (κ1) is 19.0. The van der Waals surface area contributed by atoms with Crippen LogP contribution in [0.1, 0.15) is 5.56 Å². The number of rotatable bonds is 8. The van der Waals surface area contributed by atoms with E-state index in [9.17, 15) is 0 Å². The van der Waals surface area contributed by atoms with E-state index in [1.54, 1.807) is 17.5 Å². The van der Waals surface area contributed by atoms with Crippen LogP contribution in [0.3, 0.4) is 0 Å². The standard InChI is InChI=1S/C19H22BrN5S/c1-25(2)11-10-21-13-14-4-3-5-15(12-14)23-19-22-9-8-16(24-19)17-6-7-18(20)26-17/h3-9,12,21H,10-11,13H2,1-2H3,(H,22,23,24). The minimum absolute atomic E-state index is 0.602. The monoisotopic (exact) mass is 431 g/mol. The number of thiophene rings is 1. The van der Waals surface area contributed by atoms with Gasteiger partial charge in [-0.15, -0.1) is 11.3 Å². The van der Waals surface area contributed by atoms with Gasteiger partial charge in [0.05, 0.1) is 14.4 Å². The van der Waals surface area contributed by atoms with Crippen molar-refractivity contribution >= 4 is 38.9 Å². The number of aromatic nitrogens is 2. The maximum atomic E-state index is 4.62. The summed E-state index contributed by atoms with van der Waals surface area (Å²) in [5.41, 5.74) is 3.13. The number of likely N-dealkylation sites (N-methyl/N-ethyl adjacent to an activating group) is 1. The Kier molecular flexibility index (Phi) is 6.73. The Balaban J connectivity index is 1.64. The molecule has 0 amide bonds. The van der Waals surface area contributed by atoms with Crippen LogP contribution in [0.15, 0.2) is 52.4 Å². The van der Waals surface area contributed by atoms with Crippen molar-refractivity contribution in [3.05, 3.63) is 58.0 Å². The Morgan fingerprint density at radius 2 is 2.04 bits per heavy atom. The Bertz CT molecular complexity index is 849. The molecule has 0 saturated carbocycles. The van der Waals surface area contributed by atoms with E-state index >= 15 is 0 Å². The molecule has 5 nitrogen and oxygen atoms in total. The fraction of sp³-hybridized carbons (Fsp3) is 0.263. The fourth-order valence-electron chi connectivity index (χ4n) is 2.43. The molecule has 7 heteroatoms. The van der Waals surface area contributed by atoms with Gasteiger partial charge in [0, 0.05) is 31.5 Å². The Morgan fingerprint density at radius 3 is 2.81 bits per heavy atom. The maximum Gasteiger partial charge on any atom is 0.227 e. The van der Waals surface area contributed by atoms with Crippen LogP contribution in [0.5, 0.6) is 0 Å². The van der Waals surface area contributed by atoms with E-state index in [-0.39, 0.29) is 0 Å². The quantitative estimate of drug-likeness (QED) is 0.518. The van der Waals surface area contributed by atoms with E-state index < -0.39 is 0 Å². The molecule has 0 bridgehead atoms. The van der Waals surface area contributed by atoms with Gasteiger partial charge in [-0.2, -0.15) is 0 Å². The van der Waals surface area contributed by atoms with E-state index in [1.807, 2.05) is 24.3 Å². The van der Waals surface area contributed by atoms with Gasteiger partial charge in [0.2, 0.25) is 5.95 Å². The maximum absolute atomic E-state index is 4.62. The molecule has 1 aromatic carbocycles. The van der Waals surface area contributed by atoms with Crippen molar-refractivity contribution in [2.24, 2.45) is 0 Å². The van der Waals surface area contributed by atoms with Crippen molar-refractivity contribution in [3.8, 4) is 10.6 Å². The molecule has 2 N–H and O–H groups in total. The number of benzene rings is 1. The Labute approximate surface area is 166 Å². The first-order valence-electron chi connectivity index (χ1n) is 8.40. The summed E-state index contributed by atoms with van der Waals surface area (Å²) in [7, 11) is 4.16.